The van der Waals surface area contributed by atoms with Crippen LogP contribution in [-0.2, 0) is 0 Å². The topological polar surface area (TPSA) is 42.2 Å². The largest absolute Gasteiger partial charge is 0.436 e. The number of hydrogen-bond donors (Lipinski definition) is 0. The number of thiazole rings is 1. The van der Waals surface area contributed by atoms with E-state index >= 15 is 0 Å². The average Bonchev–Trinajstić information content (AvgIpc) is 3.92. The van der Waals surface area contributed by atoms with Crippen LogP contribution in [0.4, 0.5) is 17.1 Å². The van der Waals surface area contributed by atoms with Crippen LogP contribution in [0.2, 0.25) is 0 Å². The molecule has 5 heteroatoms. The second-order valence-corrected chi connectivity index (χ2v) is 15.2. The van der Waals surface area contributed by atoms with E-state index in [4.69, 9.17) is 14.4 Å². The van der Waals surface area contributed by atoms with Crippen LogP contribution in [-0.4, -0.2) is 9.97 Å². The van der Waals surface area contributed by atoms with Gasteiger partial charge in [0.2, 0.25) is 5.89 Å². The monoisotopic (exact) mass is 748 g/mol. The predicted molar refractivity (Wildman–Crippen MR) is 239 cm³/mol. The van der Waals surface area contributed by atoms with Gasteiger partial charge in [0.05, 0.1) is 11.6 Å². The molecule has 0 saturated carbocycles. The van der Waals surface area contributed by atoms with Gasteiger partial charge in [0.25, 0.3) is 0 Å². The summed E-state index contributed by atoms with van der Waals surface area (Å²) in [4.78, 5) is 11.8. The number of benzene rings is 9. The van der Waals surface area contributed by atoms with Crippen molar-refractivity contribution >= 4 is 71.3 Å². The lowest BCUT2D eigenvalue weighted by atomic mass is 9.98. The maximum Gasteiger partial charge on any atom is 0.227 e. The Kier molecular flexibility index (Phi) is 7.71. The highest BCUT2D eigenvalue weighted by atomic mass is 32.1. The fourth-order valence-electron chi connectivity index (χ4n) is 7.64. The Morgan fingerprint density at radius 3 is 1.72 bits per heavy atom. The first-order valence-corrected chi connectivity index (χ1v) is 19.8. The van der Waals surface area contributed by atoms with E-state index < -0.39 is 0 Å². The van der Waals surface area contributed by atoms with Crippen LogP contribution in [0.1, 0.15) is 1.37 Å². The number of nitrogens with zero attached hydrogens (tertiary/aromatic N) is 3. The van der Waals surface area contributed by atoms with Gasteiger partial charge in [-0.05, 0) is 129 Å². The third-order valence-electron chi connectivity index (χ3n) is 10.6. The van der Waals surface area contributed by atoms with Gasteiger partial charge < -0.3 is 9.32 Å². The van der Waals surface area contributed by atoms with Crippen molar-refractivity contribution in [1.29, 1.82) is 0 Å². The summed E-state index contributed by atoms with van der Waals surface area (Å²) in [6, 6.07) is 67.7. The fourth-order valence-corrected chi connectivity index (χ4v) is 8.61. The van der Waals surface area contributed by atoms with E-state index in [1.165, 1.54) is 15.5 Å². The summed E-state index contributed by atoms with van der Waals surface area (Å²) in [7, 11) is 0. The molecule has 0 aliphatic carbocycles. The Hall–Kier alpha value is -7.34. The molecule has 0 bridgehead atoms. The Balaban J connectivity index is 0.956. The molecule has 9 aromatic carbocycles. The summed E-state index contributed by atoms with van der Waals surface area (Å²) in [6.45, 7) is 0. The maximum atomic E-state index is 9.32. The number of aromatic nitrogens is 2. The van der Waals surface area contributed by atoms with Crippen LogP contribution in [0.15, 0.2) is 205 Å². The van der Waals surface area contributed by atoms with E-state index in [1.54, 1.807) is 11.3 Å². The van der Waals surface area contributed by atoms with Crippen LogP contribution in [0.5, 0.6) is 0 Å². The first kappa shape index (κ1) is 32.0. The fraction of sp³-hybridized carbons (Fsp3) is 0. The molecule has 0 amide bonds. The van der Waals surface area contributed by atoms with Crippen LogP contribution in [0, 0.1) is 0 Å². The zero-order chi connectivity index (χ0) is 38.6. The lowest BCUT2D eigenvalue weighted by Gasteiger charge is -2.26. The predicted octanol–water partition coefficient (Wildman–Crippen LogP) is 14.9. The molecule has 11 rings (SSSR count). The number of fused-ring (bicyclic) bond motifs is 4. The van der Waals surface area contributed by atoms with Gasteiger partial charge in [-0.1, -0.05) is 115 Å². The summed E-state index contributed by atoms with van der Waals surface area (Å²) in [5.41, 5.74) is 11.9. The number of hydrogen-bond acceptors (Lipinski definition) is 5. The van der Waals surface area contributed by atoms with E-state index in [9.17, 15) is 1.37 Å². The molecule has 0 fully saturated rings. The molecule has 0 spiro atoms. The second kappa shape index (κ2) is 13.7. The molecular weight excluding hydrogens is 715 g/mol. The highest BCUT2D eigenvalue weighted by Gasteiger charge is 2.16. The summed E-state index contributed by atoms with van der Waals surface area (Å²) < 4.78 is 16.6. The highest BCUT2D eigenvalue weighted by molar-refractivity contribution is 7.21. The molecule has 57 heavy (non-hydrogen) atoms. The Labute approximate surface area is 335 Å². The normalized spacial score (nSPS) is 11.8. The Morgan fingerprint density at radius 2 is 0.982 bits per heavy atom. The first-order chi connectivity index (χ1) is 28.6. The van der Waals surface area contributed by atoms with E-state index in [1.807, 2.05) is 48.5 Å². The lowest BCUT2D eigenvalue weighted by Crippen LogP contribution is -2.09. The second-order valence-electron chi connectivity index (χ2n) is 14.2. The quantitative estimate of drug-likeness (QED) is 0.163. The van der Waals surface area contributed by atoms with Crippen molar-refractivity contribution < 1.29 is 5.79 Å². The maximum absolute atomic E-state index is 9.32. The van der Waals surface area contributed by atoms with Crippen LogP contribution < -0.4 is 4.90 Å². The molecule has 0 aliphatic rings. The molecule has 11 aromatic rings. The smallest absolute Gasteiger partial charge is 0.227 e. The van der Waals surface area contributed by atoms with Crippen molar-refractivity contribution in [2.75, 3.05) is 4.90 Å². The molecular formula is C52H33N3OS. The first-order valence-electron chi connectivity index (χ1n) is 19.5. The zero-order valence-electron chi connectivity index (χ0n) is 31.6. The molecule has 0 saturated heterocycles. The van der Waals surface area contributed by atoms with Gasteiger partial charge in [-0.2, -0.15) is 0 Å². The van der Waals surface area contributed by atoms with Crippen molar-refractivity contribution in [3.05, 3.63) is 200 Å². The van der Waals surface area contributed by atoms with Crippen LogP contribution in [0.25, 0.3) is 87.1 Å². The third-order valence-corrected chi connectivity index (χ3v) is 11.7. The molecule has 4 nitrogen and oxygen atoms in total. The van der Waals surface area contributed by atoms with E-state index in [2.05, 4.69) is 150 Å². The molecule has 0 N–H and O–H groups in total. The van der Waals surface area contributed by atoms with Gasteiger partial charge in [0.15, 0.2) is 5.58 Å². The minimum atomic E-state index is 0.466. The SMILES string of the molecule is [2H]c1cc(N(c2ccc(-c3ccc(-c4nc5ccccc5s4)cc3)cc2)c2ccc(-c3nc4ccccc4o3)cc2)cc2ccc(-c3ccc4ccccc4c3)cc12. The Bertz CT molecular complexity index is 3230. The average molecular weight is 749 g/mol. The van der Waals surface area contributed by atoms with Crippen molar-refractivity contribution in [2.45, 2.75) is 0 Å². The van der Waals surface area contributed by atoms with Gasteiger partial charge in [0.1, 0.15) is 10.5 Å². The standard InChI is InChI=1S/C52H33N3OS/c1-2-8-39-31-40(18-15-34(39)7-1)41-19-20-43-33-46(30-25-42(43)32-41)55(45-28-23-37(24-29-45)51-53-47-9-3-5-11-49(47)56-51)44-26-21-36(22-27-44)35-13-16-38(17-14-35)52-54-48-10-4-6-12-50(48)57-52/h1-33H/i25D. The number of para-hydroxylation sites is 3. The number of rotatable bonds is 7. The van der Waals surface area contributed by atoms with Gasteiger partial charge in [-0.15, -0.1) is 11.3 Å². The molecule has 2 aromatic heterocycles. The summed E-state index contributed by atoms with van der Waals surface area (Å²) >= 11 is 1.72. The van der Waals surface area contributed by atoms with Crippen molar-refractivity contribution in [2.24, 2.45) is 0 Å². The van der Waals surface area contributed by atoms with Gasteiger partial charge >= 0.3 is 0 Å². The molecule has 0 unspecified atom stereocenters. The molecule has 268 valence electrons. The summed E-state index contributed by atoms with van der Waals surface area (Å²) in [5, 5.41) is 5.35. The van der Waals surface area contributed by atoms with E-state index in [0.717, 1.165) is 82.8 Å². The molecule has 2 heterocycles. The molecule has 0 radical (unpaired) electrons. The van der Waals surface area contributed by atoms with E-state index in [0.29, 0.717) is 11.9 Å². The minimum absolute atomic E-state index is 0.466. The Morgan fingerprint density at radius 1 is 0.421 bits per heavy atom. The summed E-state index contributed by atoms with van der Waals surface area (Å²) in [6.07, 6.45) is 0. The number of oxazole rings is 1. The molecule has 0 atom stereocenters. The van der Waals surface area contributed by atoms with Crippen LogP contribution >= 0.6 is 11.3 Å². The molecule has 0 aliphatic heterocycles. The zero-order valence-corrected chi connectivity index (χ0v) is 31.4. The lowest BCUT2D eigenvalue weighted by molar-refractivity contribution is 0.620. The van der Waals surface area contributed by atoms with Crippen molar-refractivity contribution in [3.8, 4) is 44.3 Å². The summed E-state index contributed by atoms with van der Waals surface area (Å²) in [5.74, 6) is 0.583. The third kappa shape index (κ3) is 6.21. The van der Waals surface area contributed by atoms with Gasteiger partial charge in [-0.25, -0.2) is 9.97 Å². The van der Waals surface area contributed by atoms with Crippen molar-refractivity contribution in [1.82, 2.24) is 9.97 Å². The number of anilines is 3. The minimum Gasteiger partial charge on any atom is -0.436 e. The van der Waals surface area contributed by atoms with Gasteiger partial charge in [0, 0.05) is 28.2 Å². The van der Waals surface area contributed by atoms with E-state index in [-0.39, 0.29) is 0 Å². The van der Waals surface area contributed by atoms with Gasteiger partial charge in [-0.3, -0.25) is 0 Å². The van der Waals surface area contributed by atoms with Crippen LogP contribution in [0.3, 0.4) is 0 Å². The van der Waals surface area contributed by atoms with Crippen molar-refractivity contribution in [3.63, 3.8) is 0 Å². The highest BCUT2D eigenvalue weighted by Crippen LogP contribution is 2.39.